The van der Waals surface area contributed by atoms with Gasteiger partial charge in [0.15, 0.2) is 0 Å². The van der Waals surface area contributed by atoms with Gasteiger partial charge in [0.2, 0.25) is 0 Å². The van der Waals surface area contributed by atoms with Gasteiger partial charge in [-0.05, 0) is 60.7 Å². The second-order valence-corrected chi connectivity index (χ2v) is 8.10. The molecule has 1 unspecified atom stereocenters. The monoisotopic (exact) mass is 418 g/mol. The lowest BCUT2D eigenvalue weighted by Crippen LogP contribution is -2.06. The number of hydrogen-bond donors (Lipinski definition) is 0. The molecule has 0 fully saturated rings. The number of para-hydroxylation sites is 2. The van der Waals surface area contributed by atoms with E-state index in [0.717, 1.165) is 52.6 Å². The van der Waals surface area contributed by atoms with E-state index >= 15 is 0 Å². The molecule has 0 saturated heterocycles. The van der Waals surface area contributed by atoms with E-state index in [4.69, 9.17) is 21.3 Å². The maximum atomic E-state index is 6.22. The highest BCUT2D eigenvalue weighted by atomic mass is 35.5. The fourth-order valence-electron chi connectivity index (χ4n) is 3.69. The summed E-state index contributed by atoms with van der Waals surface area (Å²) in [6.45, 7) is 5.95. The Bertz CT molecular complexity index is 1120. The van der Waals surface area contributed by atoms with Crippen LogP contribution in [-0.4, -0.2) is 16.2 Å². The molecule has 0 spiro atoms. The van der Waals surface area contributed by atoms with E-state index in [2.05, 4.69) is 66.9 Å². The van der Waals surface area contributed by atoms with Crippen LogP contribution in [0.2, 0.25) is 5.02 Å². The molecule has 1 atom stereocenters. The Kier molecular flexibility index (Phi) is 6.39. The Balaban J connectivity index is 1.47. The van der Waals surface area contributed by atoms with Gasteiger partial charge in [0.25, 0.3) is 0 Å². The van der Waals surface area contributed by atoms with Gasteiger partial charge >= 0.3 is 0 Å². The first-order valence-corrected chi connectivity index (χ1v) is 11.0. The van der Waals surface area contributed by atoms with Crippen molar-refractivity contribution in [1.29, 1.82) is 0 Å². The Labute approximate surface area is 183 Å². The lowest BCUT2D eigenvalue weighted by molar-refractivity contribution is 0.302. The van der Waals surface area contributed by atoms with Crippen molar-refractivity contribution in [2.75, 3.05) is 6.61 Å². The number of halogens is 1. The molecular weight excluding hydrogens is 392 g/mol. The molecule has 1 aromatic heterocycles. The van der Waals surface area contributed by atoms with E-state index in [9.17, 15) is 0 Å². The molecule has 154 valence electrons. The summed E-state index contributed by atoms with van der Waals surface area (Å²) in [5.41, 5.74) is 4.51. The number of nitrogens with zero attached hydrogens (tertiary/aromatic N) is 2. The molecule has 0 amide bonds. The number of benzene rings is 3. The summed E-state index contributed by atoms with van der Waals surface area (Å²) in [6.07, 6.45) is 2.04. The van der Waals surface area contributed by atoms with Gasteiger partial charge in [-0.1, -0.05) is 61.8 Å². The molecule has 0 saturated carbocycles. The number of hydrogen-bond acceptors (Lipinski definition) is 2. The standard InChI is InChI=1S/C26H27ClN2O/c1-3-19(2)20-12-14-23(15-13-20)30-17-7-16-29-25-11-5-4-10-24(25)28-26(29)21-8-6-9-22(27)18-21/h4-6,8-15,18-19H,3,7,16-17H2,1-2H3. The van der Waals surface area contributed by atoms with Gasteiger partial charge in [-0.15, -0.1) is 0 Å². The molecule has 4 heteroatoms. The molecule has 0 aliphatic rings. The van der Waals surface area contributed by atoms with E-state index in [1.54, 1.807) is 0 Å². The van der Waals surface area contributed by atoms with E-state index in [-0.39, 0.29) is 0 Å². The molecule has 4 aromatic rings. The lowest BCUT2D eigenvalue weighted by Gasteiger charge is -2.12. The number of aryl methyl sites for hydroxylation is 1. The summed E-state index contributed by atoms with van der Waals surface area (Å²) in [4.78, 5) is 4.86. The minimum atomic E-state index is 0.582. The van der Waals surface area contributed by atoms with E-state index < -0.39 is 0 Å². The predicted octanol–water partition coefficient (Wildman–Crippen LogP) is 7.34. The summed E-state index contributed by atoms with van der Waals surface area (Å²) < 4.78 is 8.25. The first-order chi connectivity index (χ1) is 14.7. The van der Waals surface area contributed by atoms with Crippen molar-refractivity contribution in [2.24, 2.45) is 0 Å². The molecule has 0 radical (unpaired) electrons. The van der Waals surface area contributed by atoms with Crippen molar-refractivity contribution in [3.63, 3.8) is 0 Å². The average molecular weight is 419 g/mol. The van der Waals surface area contributed by atoms with E-state index in [0.29, 0.717) is 12.5 Å². The molecule has 4 rings (SSSR count). The van der Waals surface area contributed by atoms with Crippen LogP contribution in [0.15, 0.2) is 72.8 Å². The number of imidazole rings is 1. The maximum absolute atomic E-state index is 6.22. The molecule has 3 aromatic carbocycles. The van der Waals surface area contributed by atoms with Crippen molar-refractivity contribution < 1.29 is 4.74 Å². The minimum absolute atomic E-state index is 0.582. The van der Waals surface area contributed by atoms with Gasteiger partial charge in [-0.3, -0.25) is 0 Å². The molecule has 1 heterocycles. The van der Waals surface area contributed by atoms with Gasteiger partial charge in [0.05, 0.1) is 17.6 Å². The van der Waals surface area contributed by atoms with Crippen molar-refractivity contribution in [2.45, 2.75) is 39.2 Å². The van der Waals surface area contributed by atoms with Crippen molar-refractivity contribution in [1.82, 2.24) is 9.55 Å². The van der Waals surface area contributed by atoms with Crippen LogP contribution >= 0.6 is 11.6 Å². The average Bonchev–Trinajstić information content (AvgIpc) is 3.15. The summed E-state index contributed by atoms with van der Waals surface area (Å²) in [6, 6.07) is 24.6. The van der Waals surface area contributed by atoms with Crippen LogP contribution in [0, 0.1) is 0 Å². The van der Waals surface area contributed by atoms with E-state index in [1.165, 1.54) is 5.56 Å². The highest BCUT2D eigenvalue weighted by Crippen LogP contribution is 2.27. The third kappa shape index (κ3) is 4.52. The first kappa shape index (κ1) is 20.5. The lowest BCUT2D eigenvalue weighted by atomic mass is 9.99. The number of aromatic nitrogens is 2. The normalized spacial score (nSPS) is 12.2. The minimum Gasteiger partial charge on any atom is -0.494 e. The van der Waals surface area contributed by atoms with Gasteiger partial charge < -0.3 is 9.30 Å². The number of ether oxygens (including phenoxy) is 1. The predicted molar refractivity (Wildman–Crippen MR) is 125 cm³/mol. The van der Waals surface area contributed by atoms with Gasteiger partial charge in [-0.25, -0.2) is 4.98 Å². The van der Waals surface area contributed by atoms with Gasteiger partial charge in [0, 0.05) is 17.1 Å². The highest BCUT2D eigenvalue weighted by Gasteiger charge is 2.12. The number of rotatable bonds is 8. The Morgan fingerprint density at radius 1 is 1.00 bits per heavy atom. The highest BCUT2D eigenvalue weighted by molar-refractivity contribution is 6.30. The van der Waals surface area contributed by atoms with Crippen molar-refractivity contribution in [3.8, 4) is 17.1 Å². The molecule has 3 nitrogen and oxygen atoms in total. The Morgan fingerprint density at radius 2 is 1.80 bits per heavy atom. The van der Waals surface area contributed by atoms with Crippen LogP contribution in [0.5, 0.6) is 5.75 Å². The van der Waals surface area contributed by atoms with Crippen LogP contribution in [0.4, 0.5) is 0 Å². The largest absolute Gasteiger partial charge is 0.494 e. The SMILES string of the molecule is CCC(C)c1ccc(OCCCn2c(-c3cccc(Cl)c3)nc3ccccc32)cc1. The van der Waals surface area contributed by atoms with Crippen LogP contribution in [-0.2, 0) is 6.54 Å². The van der Waals surface area contributed by atoms with Crippen LogP contribution in [0.1, 0.15) is 38.2 Å². The molecule has 0 N–H and O–H groups in total. The number of fused-ring (bicyclic) bond motifs is 1. The maximum Gasteiger partial charge on any atom is 0.141 e. The Morgan fingerprint density at radius 3 is 2.57 bits per heavy atom. The third-order valence-electron chi connectivity index (χ3n) is 5.59. The van der Waals surface area contributed by atoms with Gasteiger partial charge in [-0.2, -0.15) is 0 Å². The first-order valence-electron chi connectivity index (χ1n) is 10.6. The smallest absolute Gasteiger partial charge is 0.141 e. The Hall–Kier alpha value is -2.78. The summed E-state index contributed by atoms with van der Waals surface area (Å²) in [7, 11) is 0. The van der Waals surface area contributed by atoms with Crippen LogP contribution < -0.4 is 4.74 Å². The summed E-state index contributed by atoms with van der Waals surface area (Å²) in [5.74, 6) is 2.45. The molecule has 0 aliphatic heterocycles. The zero-order valence-electron chi connectivity index (χ0n) is 17.5. The summed E-state index contributed by atoms with van der Waals surface area (Å²) >= 11 is 6.22. The third-order valence-corrected chi connectivity index (χ3v) is 5.83. The fraction of sp³-hybridized carbons (Fsp3) is 0.269. The van der Waals surface area contributed by atoms with Crippen molar-refractivity contribution in [3.05, 3.63) is 83.4 Å². The van der Waals surface area contributed by atoms with E-state index in [1.807, 2.05) is 24.3 Å². The second kappa shape index (κ2) is 9.36. The van der Waals surface area contributed by atoms with Gasteiger partial charge in [0.1, 0.15) is 11.6 Å². The summed E-state index contributed by atoms with van der Waals surface area (Å²) in [5, 5.41) is 0.718. The zero-order chi connectivity index (χ0) is 20.9. The molecule has 30 heavy (non-hydrogen) atoms. The van der Waals surface area contributed by atoms with Crippen molar-refractivity contribution >= 4 is 22.6 Å². The van der Waals surface area contributed by atoms with Crippen LogP contribution in [0.3, 0.4) is 0 Å². The molecule has 0 bridgehead atoms. The van der Waals surface area contributed by atoms with Crippen LogP contribution in [0.25, 0.3) is 22.4 Å². The zero-order valence-corrected chi connectivity index (χ0v) is 18.3. The quantitative estimate of drug-likeness (QED) is 0.280. The molecule has 0 aliphatic carbocycles. The topological polar surface area (TPSA) is 27.1 Å². The second-order valence-electron chi connectivity index (χ2n) is 7.67. The molecular formula is C26H27ClN2O. The fourth-order valence-corrected chi connectivity index (χ4v) is 3.88.